The van der Waals surface area contributed by atoms with Crippen LogP contribution in [0.25, 0.3) is 0 Å². The van der Waals surface area contributed by atoms with Gasteiger partial charge in [-0.3, -0.25) is 0 Å². The molecule has 1 aromatic rings. The van der Waals surface area contributed by atoms with E-state index >= 15 is 0 Å². The number of benzene rings is 1. The van der Waals surface area contributed by atoms with Gasteiger partial charge in [0.05, 0.1) is 18.8 Å². The molecule has 1 amide bonds. The summed E-state index contributed by atoms with van der Waals surface area (Å²) in [5.74, 6) is 0. The third kappa shape index (κ3) is 6.01. The summed E-state index contributed by atoms with van der Waals surface area (Å²) in [6.45, 7) is 1.95. The van der Waals surface area contributed by atoms with Crippen LogP contribution in [0.15, 0.2) is 30.3 Å². The highest BCUT2D eigenvalue weighted by atomic mass is 16.4. The molecule has 1 aromatic carbocycles. The number of carbonyl (C=O) groups is 1. The Morgan fingerprint density at radius 1 is 1.30 bits per heavy atom. The number of carboxylic acid groups (broad SMARTS) is 1. The van der Waals surface area contributed by atoms with E-state index in [-0.39, 0.29) is 19.2 Å². The van der Waals surface area contributed by atoms with Crippen molar-refractivity contribution in [2.75, 3.05) is 13.2 Å². The quantitative estimate of drug-likeness (QED) is 0.469. The first kappa shape index (κ1) is 16.4. The smallest absolute Gasteiger partial charge is 0.404 e. The van der Waals surface area contributed by atoms with E-state index in [2.05, 4.69) is 10.6 Å². The number of nitrogens with one attached hydrogen (secondary N) is 2. The van der Waals surface area contributed by atoms with Crippen molar-refractivity contribution in [2.45, 2.75) is 31.5 Å². The van der Waals surface area contributed by atoms with Crippen LogP contribution in [0.1, 0.15) is 12.5 Å². The average Bonchev–Trinajstić information content (AvgIpc) is 2.44. The van der Waals surface area contributed by atoms with Gasteiger partial charge in [0, 0.05) is 12.6 Å². The Kier molecular flexibility index (Phi) is 7.00. The monoisotopic (exact) mass is 282 g/mol. The van der Waals surface area contributed by atoms with Crippen molar-refractivity contribution in [1.29, 1.82) is 0 Å². The Balaban J connectivity index is 2.61. The van der Waals surface area contributed by atoms with Crippen LogP contribution in [0.5, 0.6) is 0 Å². The maximum absolute atomic E-state index is 10.8. The first-order valence-corrected chi connectivity index (χ1v) is 6.58. The zero-order valence-corrected chi connectivity index (χ0v) is 11.5. The summed E-state index contributed by atoms with van der Waals surface area (Å²) in [5, 5.41) is 33.1. The van der Waals surface area contributed by atoms with E-state index in [9.17, 15) is 9.90 Å². The van der Waals surface area contributed by atoms with Crippen molar-refractivity contribution in [2.24, 2.45) is 0 Å². The Labute approximate surface area is 118 Å². The minimum atomic E-state index is -1.17. The lowest BCUT2D eigenvalue weighted by Crippen LogP contribution is -2.49. The molecule has 0 spiro atoms. The van der Waals surface area contributed by atoms with E-state index in [1.165, 1.54) is 0 Å². The Morgan fingerprint density at radius 2 is 1.95 bits per heavy atom. The normalized spacial score (nSPS) is 15.3. The van der Waals surface area contributed by atoms with Gasteiger partial charge in [-0.1, -0.05) is 30.3 Å². The number of amides is 1. The van der Waals surface area contributed by atoms with Gasteiger partial charge < -0.3 is 26.0 Å². The Bertz CT molecular complexity index is 399. The molecule has 0 unspecified atom stereocenters. The van der Waals surface area contributed by atoms with Gasteiger partial charge in [0.15, 0.2) is 0 Å². The molecule has 0 aliphatic heterocycles. The van der Waals surface area contributed by atoms with Gasteiger partial charge in [-0.05, 0) is 18.9 Å². The van der Waals surface area contributed by atoms with E-state index in [0.29, 0.717) is 6.42 Å². The second-order valence-corrected chi connectivity index (χ2v) is 4.80. The van der Waals surface area contributed by atoms with E-state index < -0.39 is 18.2 Å². The SMILES string of the molecule is C[C@@H](CO)NC[C@H](O)[C@H](Cc1ccccc1)NC(=O)O. The number of hydrogen-bond donors (Lipinski definition) is 5. The molecule has 6 heteroatoms. The number of hydrogen-bond acceptors (Lipinski definition) is 4. The Morgan fingerprint density at radius 3 is 2.50 bits per heavy atom. The fraction of sp³-hybridized carbons (Fsp3) is 0.500. The lowest BCUT2D eigenvalue weighted by molar-refractivity contribution is 0.112. The topological polar surface area (TPSA) is 102 Å². The summed E-state index contributed by atoms with van der Waals surface area (Å²) in [5.41, 5.74) is 0.945. The molecule has 5 N–H and O–H groups in total. The molecule has 3 atom stereocenters. The van der Waals surface area contributed by atoms with Gasteiger partial charge in [-0.15, -0.1) is 0 Å². The van der Waals surface area contributed by atoms with E-state index in [4.69, 9.17) is 10.2 Å². The van der Waals surface area contributed by atoms with Crippen LogP contribution in [0.2, 0.25) is 0 Å². The first-order valence-electron chi connectivity index (χ1n) is 6.58. The molecule has 0 radical (unpaired) electrons. The largest absolute Gasteiger partial charge is 0.465 e. The molecule has 1 rings (SSSR count). The molecule has 0 fully saturated rings. The molecule has 0 aliphatic rings. The summed E-state index contributed by atoms with van der Waals surface area (Å²) >= 11 is 0. The lowest BCUT2D eigenvalue weighted by Gasteiger charge is -2.24. The maximum atomic E-state index is 10.8. The highest BCUT2D eigenvalue weighted by molar-refractivity contribution is 5.65. The minimum Gasteiger partial charge on any atom is -0.465 e. The molecule has 0 bridgehead atoms. The highest BCUT2D eigenvalue weighted by Crippen LogP contribution is 2.06. The summed E-state index contributed by atoms with van der Waals surface area (Å²) in [6, 6.07) is 8.63. The third-order valence-electron chi connectivity index (χ3n) is 3.02. The number of aliphatic hydroxyl groups is 2. The van der Waals surface area contributed by atoms with Gasteiger partial charge in [0.25, 0.3) is 0 Å². The maximum Gasteiger partial charge on any atom is 0.404 e. The van der Waals surface area contributed by atoms with Crippen molar-refractivity contribution < 1.29 is 20.1 Å². The van der Waals surface area contributed by atoms with Gasteiger partial charge >= 0.3 is 6.09 Å². The average molecular weight is 282 g/mol. The second kappa shape index (κ2) is 8.52. The van der Waals surface area contributed by atoms with Crippen LogP contribution in [-0.4, -0.2) is 52.8 Å². The number of aliphatic hydroxyl groups excluding tert-OH is 2. The first-order chi connectivity index (χ1) is 9.52. The minimum absolute atomic E-state index is 0.0393. The highest BCUT2D eigenvalue weighted by Gasteiger charge is 2.21. The van der Waals surface area contributed by atoms with Gasteiger partial charge in [-0.25, -0.2) is 4.79 Å². The van der Waals surface area contributed by atoms with Crippen molar-refractivity contribution in [3.8, 4) is 0 Å². The molecule has 0 aromatic heterocycles. The molecule has 112 valence electrons. The predicted octanol–water partition coefficient (Wildman–Crippen LogP) is 0.197. The molecule has 0 heterocycles. The molecule has 0 saturated carbocycles. The summed E-state index contributed by atoms with van der Waals surface area (Å²) in [7, 11) is 0. The van der Waals surface area contributed by atoms with E-state index in [1.54, 1.807) is 6.92 Å². The van der Waals surface area contributed by atoms with Crippen LogP contribution < -0.4 is 10.6 Å². The van der Waals surface area contributed by atoms with E-state index in [1.807, 2.05) is 30.3 Å². The zero-order chi connectivity index (χ0) is 15.0. The molecule has 0 aliphatic carbocycles. The van der Waals surface area contributed by atoms with Crippen LogP contribution in [0, 0.1) is 0 Å². The van der Waals surface area contributed by atoms with Crippen molar-refractivity contribution in [1.82, 2.24) is 10.6 Å². The number of rotatable bonds is 8. The second-order valence-electron chi connectivity index (χ2n) is 4.80. The van der Waals surface area contributed by atoms with Gasteiger partial charge in [0.1, 0.15) is 0 Å². The fourth-order valence-corrected chi connectivity index (χ4v) is 1.84. The van der Waals surface area contributed by atoms with Crippen molar-refractivity contribution in [3.63, 3.8) is 0 Å². The van der Waals surface area contributed by atoms with Crippen LogP contribution in [-0.2, 0) is 6.42 Å². The molecule has 6 nitrogen and oxygen atoms in total. The fourth-order valence-electron chi connectivity index (χ4n) is 1.84. The third-order valence-corrected chi connectivity index (χ3v) is 3.02. The molecule has 0 saturated heterocycles. The summed E-state index contributed by atoms with van der Waals surface area (Å²) < 4.78 is 0. The van der Waals surface area contributed by atoms with E-state index in [0.717, 1.165) is 5.56 Å². The van der Waals surface area contributed by atoms with Crippen LogP contribution in [0.4, 0.5) is 4.79 Å². The van der Waals surface area contributed by atoms with Gasteiger partial charge in [0.2, 0.25) is 0 Å². The standard InChI is InChI=1S/C14H22N2O4/c1-10(9-17)15-8-13(18)12(16-14(19)20)7-11-5-3-2-4-6-11/h2-6,10,12-13,15-18H,7-9H2,1H3,(H,19,20)/t10-,12-,13-/m0/s1. The predicted molar refractivity (Wildman–Crippen MR) is 75.7 cm³/mol. The van der Waals surface area contributed by atoms with Crippen LogP contribution >= 0.6 is 0 Å². The molecular weight excluding hydrogens is 260 g/mol. The van der Waals surface area contributed by atoms with Crippen LogP contribution in [0.3, 0.4) is 0 Å². The molecule has 20 heavy (non-hydrogen) atoms. The summed E-state index contributed by atoms with van der Waals surface area (Å²) in [6.07, 6.45) is -1.63. The lowest BCUT2D eigenvalue weighted by atomic mass is 10.0. The van der Waals surface area contributed by atoms with Gasteiger partial charge in [-0.2, -0.15) is 0 Å². The van der Waals surface area contributed by atoms with Crippen molar-refractivity contribution in [3.05, 3.63) is 35.9 Å². The zero-order valence-electron chi connectivity index (χ0n) is 11.5. The Hall–Kier alpha value is -1.63. The summed E-state index contributed by atoms with van der Waals surface area (Å²) in [4.78, 5) is 10.8. The molecular formula is C14H22N2O4. The van der Waals surface area contributed by atoms with Crippen molar-refractivity contribution >= 4 is 6.09 Å².